The second-order valence-corrected chi connectivity index (χ2v) is 4.39. The maximum Gasteiger partial charge on any atom is 0.137 e. The van der Waals surface area contributed by atoms with Crippen LogP contribution in [0.25, 0.3) is 17.0 Å². The number of fused-ring (bicyclic) bond motifs is 1. The zero-order chi connectivity index (χ0) is 13.1. The van der Waals surface area contributed by atoms with Crippen molar-refractivity contribution in [1.29, 1.82) is 5.26 Å². The molecule has 0 aliphatic heterocycles. The van der Waals surface area contributed by atoms with Crippen LogP contribution in [-0.2, 0) is 0 Å². The highest BCUT2D eigenvalue weighted by Gasteiger charge is 2.05. The van der Waals surface area contributed by atoms with Gasteiger partial charge in [-0.1, -0.05) is 42.0 Å². The fourth-order valence-corrected chi connectivity index (χ4v) is 1.83. The Morgan fingerprint density at radius 3 is 2.83 bits per heavy atom. The Bertz CT molecular complexity index is 701. The lowest BCUT2D eigenvalue weighted by atomic mass is 10.1. The zero-order valence-electron chi connectivity index (χ0n) is 9.22. The molecule has 0 spiro atoms. The molecule has 0 aliphatic rings. The van der Waals surface area contributed by atoms with Gasteiger partial charge in [0.2, 0.25) is 0 Å². The molecule has 0 saturated heterocycles. The van der Waals surface area contributed by atoms with Gasteiger partial charge in [0.25, 0.3) is 0 Å². The molecule has 2 rings (SSSR count). The minimum atomic E-state index is 0.0433. The summed E-state index contributed by atoms with van der Waals surface area (Å²) in [7, 11) is 0. The summed E-state index contributed by atoms with van der Waals surface area (Å²) in [6.45, 7) is 0. The number of nitrogens with two attached hydrogens (primary N) is 1. The highest BCUT2D eigenvalue weighted by atomic mass is 35.5. The molecule has 0 radical (unpaired) electrons. The van der Waals surface area contributed by atoms with Crippen LogP contribution >= 0.6 is 23.8 Å². The van der Waals surface area contributed by atoms with Crippen molar-refractivity contribution in [1.82, 2.24) is 4.98 Å². The van der Waals surface area contributed by atoms with Crippen LogP contribution in [0.5, 0.6) is 0 Å². The average molecular weight is 274 g/mol. The molecule has 0 unspecified atom stereocenters. The van der Waals surface area contributed by atoms with Gasteiger partial charge in [-0.25, -0.2) is 4.98 Å². The standard InChI is InChI=1S/C13H8ClN3S/c14-12-9(6-10(7-15)13(16)18)5-8-3-1-2-4-11(8)17-12/h1-6H,(H2,16,18)/b10-6+. The van der Waals surface area contributed by atoms with Crippen LogP contribution in [0.2, 0.25) is 5.15 Å². The Kier molecular flexibility index (Phi) is 3.56. The summed E-state index contributed by atoms with van der Waals surface area (Å²) in [4.78, 5) is 4.29. The average Bonchev–Trinajstić information content (AvgIpc) is 2.35. The van der Waals surface area contributed by atoms with Crippen molar-refractivity contribution >= 4 is 45.8 Å². The van der Waals surface area contributed by atoms with Crippen LogP contribution in [0.4, 0.5) is 0 Å². The molecule has 2 N–H and O–H groups in total. The fraction of sp³-hybridized carbons (Fsp3) is 0. The molecular weight excluding hydrogens is 266 g/mol. The van der Waals surface area contributed by atoms with Gasteiger partial charge in [0.05, 0.1) is 11.1 Å². The van der Waals surface area contributed by atoms with E-state index in [1.807, 2.05) is 36.4 Å². The predicted octanol–water partition coefficient (Wildman–Crippen LogP) is 3.08. The maximum absolute atomic E-state index is 8.91. The van der Waals surface area contributed by atoms with Gasteiger partial charge in [-0.05, 0) is 18.2 Å². The minimum absolute atomic E-state index is 0.0433. The first-order valence-electron chi connectivity index (χ1n) is 5.08. The number of benzene rings is 1. The van der Waals surface area contributed by atoms with Crippen LogP contribution in [-0.4, -0.2) is 9.97 Å². The number of nitriles is 1. The second kappa shape index (κ2) is 5.13. The van der Waals surface area contributed by atoms with E-state index in [1.165, 1.54) is 0 Å². The topological polar surface area (TPSA) is 62.7 Å². The van der Waals surface area contributed by atoms with Gasteiger partial charge >= 0.3 is 0 Å². The number of hydrogen-bond donors (Lipinski definition) is 1. The van der Waals surface area contributed by atoms with Gasteiger partial charge in [0.1, 0.15) is 16.2 Å². The van der Waals surface area contributed by atoms with Crippen molar-refractivity contribution in [3.63, 3.8) is 0 Å². The van der Waals surface area contributed by atoms with Gasteiger partial charge < -0.3 is 5.73 Å². The Labute approximate surface area is 114 Å². The summed E-state index contributed by atoms with van der Waals surface area (Å²) in [6.07, 6.45) is 1.55. The summed E-state index contributed by atoms with van der Waals surface area (Å²) in [5.74, 6) is 0. The van der Waals surface area contributed by atoms with E-state index in [0.717, 1.165) is 10.9 Å². The molecule has 18 heavy (non-hydrogen) atoms. The van der Waals surface area contributed by atoms with Gasteiger partial charge in [-0.15, -0.1) is 0 Å². The molecular formula is C13H8ClN3S. The lowest BCUT2D eigenvalue weighted by Crippen LogP contribution is -2.09. The lowest BCUT2D eigenvalue weighted by molar-refractivity contribution is 1.39. The number of rotatable bonds is 2. The monoisotopic (exact) mass is 273 g/mol. The largest absolute Gasteiger partial charge is 0.389 e. The van der Waals surface area contributed by atoms with E-state index in [-0.39, 0.29) is 10.6 Å². The van der Waals surface area contributed by atoms with Gasteiger partial charge in [0.15, 0.2) is 0 Å². The molecule has 2 aromatic rings. The third-order valence-corrected chi connectivity index (χ3v) is 2.91. The van der Waals surface area contributed by atoms with E-state index >= 15 is 0 Å². The molecule has 5 heteroatoms. The number of thiocarbonyl (C=S) groups is 1. The van der Waals surface area contributed by atoms with E-state index < -0.39 is 0 Å². The van der Waals surface area contributed by atoms with Gasteiger partial charge in [0, 0.05) is 10.9 Å². The van der Waals surface area contributed by atoms with E-state index in [4.69, 9.17) is 34.8 Å². The van der Waals surface area contributed by atoms with E-state index in [1.54, 1.807) is 6.08 Å². The lowest BCUT2D eigenvalue weighted by Gasteiger charge is -2.02. The van der Waals surface area contributed by atoms with Crippen LogP contribution < -0.4 is 5.73 Å². The SMILES string of the molecule is N#C/C(=C\c1cc2ccccc2nc1Cl)C(N)=S. The van der Waals surface area contributed by atoms with Crippen molar-refractivity contribution in [2.75, 3.05) is 0 Å². The van der Waals surface area contributed by atoms with Gasteiger partial charge in [-0.3, -0.25) is 0 Å². The minimum Gasteiger partial charge on any atom is -0.389 e. The third kappa shape index (κ3) is 2.48. The fourth-order valence-electron chi connectivity index (χ4n) is 1.52. The number of pyridine rings is 1. The van der Waals surface area contributed by atoms with Crippen molar-refractivity contribution in [3.05, 3.63) is 46.6 Å². The van der Waals surface area contributed by atoms with Crippen molar-refractivity contribution in [2.45, 2.75) is 0 Å². The molecule has 0 atom stereocenters. The summed E-state index contributed by atoms with van der Waals surface area (Å²) in [5.41, 5.74) is 7.07. The van der Waals surface area contributed by atoms with E-state index in [9.17, 15) is 0 Å². The molecule has 1 aromatic heterocycles. The Morgan fingerprint density at radius 2 is 2.17 bits per heavy atom. The quantitative estimate of drug-likeness (QED) is 0.395. The van der Waals surface area contributed by atoms with E-state index in [0.29, 0.717) is 10.7 Å². The molecule has 1 aromatic carbocycles. The Balaban J connectivity index is 2.62. The molecule has 0 fully saturated rings. The molecule has 88 valence electrons. The normalized spacial score (nSPS) is 11.2. The Morgan fingerprint density at radius 1 is 1.44 bits per heavy atom. The number of hydrogen-bond acceptors (Lipinski definition) is 3. The Hall–Kier alpha value is -1.96. The summed E-state index contributed by atoms with van der Waals surface area (Å²) < 4.78 is 0. The first-order valence-corrected chi connectivity index (χ1v) is 5.87. The molecule has 0 aliphatic carbocycles. The first-order chi connectivity index (χ1) is 8.61. The second-order valence-electron chi connectivity index (χ2n) is 3.60. The summed E-state index contributed by atoms with van der Waals surface area (Å²) in [5, 5.41) is 10.2. The van der Waals surface area contributed by atoms with Crippen molar-refractivity contribution < 1.29 is 0 Å². The first kappa shape index (κ1) is 12.5. The number of nitrogens with zero attached hydrogens (tertiary/aromatic N) is 2. The third-order valence-electron chi connectivity index (χ3n) is 2.39. The highest BCUT2D eigenvalue weighted by Crippen LogP contribution is 2.22. The van der Waals surface area contributed by atoms with Crippen LogP contribution in [0, 0.1) is 11.3 Å². The summed E-state index contributed by atoms with van der Waals surface area (Å²) in [6, 6.07) is 11.4. The molecule has 3 nitrogen and oxygen atoms in total. The number of halogens is 1. The molecule has 0 amide bonds. The zero-order valence-corrected chi connectivity index (χ0v) is 10.8. The van der Waals surface area contributed by atoms with Crippen LogP contribution in [0.15, 0.2) is 35.9 Å². The number of aromatic nitrogens is 1. The van der Waals surface area contributed by atoms with Crippen LogP contribution in [0.3, 0.4) is 0 Å². The van der Waals surface area contributed by atoms with Crippen molar-refractivity contribution in [2.24, 2.45) is 5.73 Å². The van der Waals surface area contributed by atoms with Crippen molar-refractivity contribution in [3.8, 4) is 6.07 Å². The predicted molar refractivity (Wildman–Crippen MR) is 77.1 cm³/mol. The van der Waals surface area contributed by atoms with E-state index in [2.05, 4.69) is 4.98 Å². The van der Waals surface area contributed by atoms with Gasteiger partial charge in [-0.2, -0.15) is 5.26 Å². The van der Waals surface area contributed by atoms with Crippen LogP contribution in [0.1, 0.15) is 5.56 Å². The molecule has 0 saturated carbocycles. The smallest absolute Gasteiger partial charge is 0.137 e. The highest BCUT2D eigenvalue weighted by molar-refractivity contribution is 7.80. The summed E-state index contributed by atoms with van der Waals surface area (Å²) >= 11 is 10.8. The molecule has 1 heterocycles. The maximum atomic E-state index is 8.91. The molecule has 0 bridgehead atoms. The number of para-hydroxylation sites is 1.